The molecule has 0 spiro atoms. The van der Waals surface area contributed by atoms with Crippen molar-refractivity contribution in [2.45, 2.75) is 13.3 Å². The molecule has 6 nitrogen and oxygen atoms in total. The van der Waals surface area contributed by atoms with Gasteiger partial charge in [0.25, 0.3) is 5.56 Å². The van der Waals surface area contributed by atoms with Gasteiger partial charge in [-0.1, -0.05) is 18.2 Å². The van der Waals surface area contributed by atoms with Crippen molar-refractivity contribution in [3.05, 3.63) is 62.3 Å². The summed E-state index contributed by atoms with van der Waals surface area (Å²) in [6.45, 7) is 2.10. The lowest BCUT2D eigenvalue weighted by molar-refractivity contribution is 0.0393. The van der Waals surface area contributed by atoms with Crippen LogP contribution in [-0.2, 0) is 15.9 Å². The van der Waals surface area contributed by atoms with E-state index < -0.39 is 5.97 Å². The molecule has 0 atom stereocenters. The maximum Gasteiger partial charge on any atom is 0.348 e. The largest absolute Gasteiger partial charge is 0.459 e. The van der Waals surface area contributed by atoms with Gasteiger partial charge in [-0.2, -0.15) is 0 Å². The van der Waals surface area contributed by atoms with Gasteiger partial charge in [-0.05, 0) is 24.1 Å². The van der Waals surface area contributed by atoms with Crippen LogP contribution in [0.25, 0.3) is 10.2 Å². The first-order valence-corrected chi connectivity index (χ1v) is 8.74. The van der Waals surface area contributed by atoms with E-state index in [-0.39, 0.29) is 24.4 Å². The number of rotatable bonds is 6. The van der Waals surface area contributed by atoms with E-state index in [1.165, 1.54) is 13.2 Å². The number of carbonyl (C=O) groups excluding carboxylic acids is 1. The lowest BCUT2D eigenvalue weighted by atomic mass is 10.1. The normalized spacial score (nSPS) is 11.0. The Morgan fingerprint density at radius 2 is 2.08 bits per heavy atom. The van der Waals surface area contributed by atoms with Gasteiger partial charge >= 0.3 is 5.97 Å². The number of aryl methyl sites for hydroxylation is 1. The minimum absolute atomic E-state index is 0.130. The Balaban J connectivity index is 1.95. The summed E-state index contributed by atoms with van der Waals surface area (Å²) in [7, 11) is 1.51. The predicted molar refractivity (Wildman–Crippen MR) is 96.3 cm³/mol. The number of aromatic nitrogens is 2. The number of esters is 1. The molecule has 3 rings (SSSR count). The van der Waals surface area contributed by atoms with Gasteiger partial charge in [0.2, 0.25) is 0 Å². The average Bonchev–Trinajstić information content (AvgIpc) is 2.94. The van der Waals surface area contributed by atoms with Gasteiger partial charge in [0.15, 0.2) is 0 Å². The fourth-order valence-corrected chi connectivity index (χ4v) is 3.67. The molecular weight excluding hydrogens is 359 g/mol. The number of aromatic amines is 1. The van der Waals surface area contributed by atoms with Gasteiger partial charge in [-0.3, -0.25) is 4.79 Å². The Kier molecular flexibility index (Phi) is 5.43. The van der Waals surface area contributed by atoms with Crippen LogP contribution >= 0.6 is 11.3 Å². The highest BCUT2D eigenvalue weighted by molar-refractivity contribution is 7.20. The first-order chi connectivity index (χ1) is 12.5. The van der Waals surface area contributed by atoms with Gasteiger partial charge in [-0.15, -0.1) is 11.3 Å². The molecule has 0 radical (unpaired) electrons. The Hall–Kier alpha value is -2.58. The van der Waals surface area contributed by atoms with Crippen LogP contribution < -0.4 is 5.56 Å². The Labute approximate surface area is 152 Å². The zero-order chi connectivity index (χ0) is 18.7. The minimum Gasteiger partial charge on any atom is -0.459 e. The highest BCUT2D eigenvalue weighted by Gasteiger charge is 2.20. The zero-order valence-electron chi connectivity index (χ0n) is 14.3. The number of benzene rings is 1. The highest BCUT2D eigenvalue weighted by Crippen LogP contribution is 2.28. The van der Waals surface area contributed by atoms with Crippen molar-refractivity contribution in [2.75, 3.05) is 20.3 Å². The second-order valence-corrected chi connectivity index (χ2v) is 6.64. The van der Waals surface area contributed by atoms with Crippen LogP contribution in [-0.4, -0.2) is 36.3 Å². The minimum atomic E-state index is -0.516. The van der Waals surface area contributed by atoms with Crippen LogP contribution in [0, 0.1) is 12.7 Å². The number of nitrogens with zero attached hydrogens (tertiary/aromatic N) is 1. The van der Waals surface area contributed by atoms with Crippen LogP contribution in [0.2, 0.25) is 0 Å². The van der Waals surface area contributed by atoms with Gasteiger partial charge in [0.1, 0.15) is 28.0 Å². The van der Waals surface area contributed by atoms with Crippen molar-refractivity contribution >= 4 is 27.5 Å². The van der Waals surface area contributed by atoms with E-state index in [9.17, 15) is 14.0 Å². The number of hydrogen-bond donors (Lipinski definition) is 1. The molecule has 0 amide bonds. The molecular formula is C18H17FN2O4S. The number of methoxy groups -OCH3 is 1. The van der Waals surface area contributed by atoms with Crippen molar-refractivity contribution in [3.8, 4) is 0 Å². The van der Waals surface area contributed by atoms with Crippen LogP contribution in [0.15, 0.2) is 29.1 Å². The summed E-state index contributed by atoms with van der Waals surface area (Å²) in [6.07, 6.45) is 0.155. The number of nitrogens with one attached hydrogen (secondary N) is 1. The smallest absolute Gasteiger partial charge is 0.348 e. The van der Waals surface area contributed by atoms with Gasteiger partial charge in [0, 0.05) is 13.5 Å². The SMILES string of the molecule is COCCOC(=O)c1sc2nc(Cc3ccccc3F)[nH]c(=O)c2c1C. The van der Waals surface area contributed by atoms with Crippen molar-refractivity contribution in [1.29, 1.82) is 0 Å². The van der Waals surface area contributed by atoms with E-state index >= 15 is 0 Å². The van der Waals surface area contributed by atoms with E-state index in [0.717, 1.165) is 11.3 Å². The molecule has 0 fully saturated rings. The molecule has 3 aromatic rings. The number of halogens is 1. The summed E-state index contributed by atoms with van der Waals surface area (Å²) in [5.41, 5.74) is 0.604. The molecule has 0 bridgehead atoms. The summed E-state index contributed by atoms with van der Waals surface area (Å²) in [5.74, 6) is -0.536. The Morgan fingerprint density at radius 3 is 2.81 bits per heavy atom. The molecule has 2 aromatic heterocycles. The quantitative estimate of drug-likeness (QED) is 0.528. The van der Waals surface area contributed by atoms with E-state index in [1.54, 1.807) is 25.1 Å². The van der Waals surface area contributed by atoms with Gasteiger partial charge in [0.05, 0.1) is 12.0 Å². The lowest BCUT2D eigenvalue weighted by Crippen LogP contribution is -2.13. The van der Waals surface area contributed by atoms with E-state index in [0.29, 0.717) is 38.7 Å². The fourth-order valence-electron chi connectivity index (χ4n) is 2.57. The van der Waals surface area contributed by atoms with Crippen LogP contribution in [0.5, 0.6) is 0 Å². The monoisotopic (exact) mass is 376 g/mol. The zero-order valence-corrected chi connectivity index (χ0v) is 15.1. The molecule has 136 valence electrons. The third-order valence-corrected chi connectivity index (χ3v) is 5.04. The summed E-state index contributed by atoms with van der Waals surface area (Å²) < 4.78 is 23.8. The second-order valence-electron chi connectivity index (χ2n) is 5.65. The predicted octanol–water partition coefficient (Wildman–Crippen LogP) is 2.83. The Morgan fingerprint density at radius 1 is 1.31 bits per heavy atom. The van der Waals surface area contributed by atoms with E-state index in [4.69, 9.17) is 9.47 Å². The van der Waals surface area contributed by atoms with Crippen molar-refractivity contribution < 1.29 is 18.7 Å². The van der Waals surface area contributed by atoms with Crippen molar-refractivity contribution in [3.63, 3.8) is 0 Å². The maximum absolute atomic E-state index is 13.8. The highest BCUT2D eigenvalue weighted by atomic mass is 32.1. The lowest BCUT2D eigenvalue weighted by Gasteiger charge is -2.03. The molecule has 1 aromatic carbocycles. The molecule has 0 aliphatic rings. The maximum atomic E-state index is 13.8. The molecule has 0 saturated heterocycles. The van der Waals surface area contributed by atoms with Crippen LogP contribution in [0.4, 0.5) is 4.39 Å². The summed E-state index contributed by atoms with van der Waals surface area (Å²) in [6, 6.07) is 6.31. The molecule has 0 aliphatic heterocycles. The van der Waals surface area contributed by atoms with Gasteiger partial charge in [-0.25, -0.2) is 14.2 Å². The molecule has 0 unspecified atom stereocenters. The third-order valence-electron chi connectivity index (χ3n) is 3.87. The van der Waals surface area contributed by atoms with Crippen LogP contribution in [0.3, 0.4) is 0 Å². The fraction of sp³-hybridized carbons (Fsp3) is 0.278. The van der Waals surface area contributed by atoms with Gasteiger partial charge < -0.3 is 14.5 Å². The average molecular weight is 376 g/mol. The Bertz CT molecular complexity index is 1010. The molecule has 8 heteroatoms. The first-order valence-electron chi connectivity index (χ1n) is 7.93. The molecule has 2 heterocycles. The third kappa shape index (κ3) is 3.66. The second kappa shape index (κ2) is 7.76. The van der Waals surface area contributed by atoms with E-state index in [2.05, 4.69) is 9.97 Å². The van der Waals surface area contributed by atoms with Crippen LogP contribution in [0.1, 0.15) is 26.6 Å². The molecule has 0 aliphatic carbocycles. The standard InChI is InChI=1S/C18H17FN2O4S/c1-10-14-16(22)20-13(9-11-5-3-4-6-12(11)19)21-17(14)26-15(10)18(23)25-8-7-24-2/h3-6H,7-9H2,1-2H3,(H,20,21,22). The number of fused-ring (bicyclic) bond motifs is 1. The number of carbonyl (C=O) groups is 1. The molecule has 0 saturated carbocycles. The number of thiophene rings is 1. The molecule has 1 N–H and O–H groups in total. The van der Waals surface area contributed by atoms with E-state index in [1.807, 2.05) is 0 Å². The van der Waals surface area contributed by atoms with Crippen molar-refractivity contribution in [2.24, 2.45) is 0 Å². The summed E-state index contributed by atoms with van der Waals surface area (Å²) >= 11 is 1.09. The summed E-state index contributed by atoms with van der Waals surface area (Å²) in [5, 5.41) is 0.353. The summed E-state index contributed by atoms with van der Waals surface area (Å²) in [4.78, 5) is 32.4. The van der Waals surface area contributed by atoms with Crippen molar-refractivity contribution in [1.82, 2.24) is 9.97 Å². The molecule has 26 heavy (non-hydrogen) atoms. The number of ether oxygens (including phenoxy) is 2. The first kappa shape index (κ1) is 18.2. The number of H-pyrrole nitrogens is 1. The topological polar surface area (TPSA) is 81.3 Å². The number of hydrogen-bond acceptors (Lipinski definition) is 6.